The normalized spacial score (nSPS) is 22.1. The Morgan fingerprint density at radius 2 is 1.98 bits per heavy atom. The summed E-state index contributed by atoms with van der Waals surface area (Å²) in [5, 5.41) is 31.0. The van der Waals surface area contributed by atoms with E-state index in [1.54, 1.807) is 23.0 Å². The summed E-state index contributed by atoms with van der Waals surface area (Å²) in [5.74, 6) is -3.31. The van der Waals surface area contributed by atoms with Gasteiger partial charge >= 0.3 is 0 Å². The summed E-state index contributed by atoms with van der Waals surface area (Å²) in [7, 11) is 0. The molecule has 1 amide bonds. The zero-order valence-corrected chi connectivity index (χ0v) is 28.7. The number of hydrogen-bond acceptors (Lipinski definition) is 6. The lowest BCUT2D eigenvalue weighted by Gasteiger charge is -2.37. The molecule has 4 rings (SSSR count). The number of rotatable bonds is 12. The number of hydrogen-bond donors (Lipinski definition) is 3. The van der Waals surface area contributed by atoms with Gasteiger partial charge < -0.3 is 20.5 Å². The smallest absolute Gasteiger partial charge is 0.243 e. The van der Waals surface area contributed by atoms with Gasteiger partial charge in [-0.3, -0.25) is 9.48 Å². The van der Waals surface area contributed by atoms with Crippen LogP contribution in [0, 0.1) is 34.3 Å². The molecule has 12 heteroatoms. The molecule has 3 aromatic rings. The molecule has 0 radical (unpaired) electrons. The SMILES string of the molecule is C=CC(CO)COC(C)(C)Cn1ccc(NC(=O)[C@@H]2N[C@@H](CC(C)(C)C)[C@](C#N)(c3ccc(Cl)cc3F)[C@H]2c2cccc(Cl)c2F)n1. The van der Waals surface area contributed by atoms with Gasteiger partial charge in [-0.15, -0.1) is 6.58 Å². The molecule has 1 fully saturated rings. The maximum Gasteiger partial charge on any atom is 0.243 e. The van der Waals surface area contributed by atoms with E-state index >= 15 is 8.78 Å². The van der Waals surface area contributed by atoms with E-state index in [0.717, 1.165) is 6.07 Å². The van der Waals surface area contributed by atoms with E-state index in [1.165, 1.54) is 30.3 Å². The Balaban J connectivity index is 1.74. The van der Waals surface area contributed by atoms with E-state index in [1.807, 2.05) is 34.6 Å². The van der Waals surface area contributed by atoms with Gasteiger partial charge in [0.2, 0.25) is 5.91 Å². The van der Waals surface area contributed by atoms with E-state index in [9.17, 15) is 15.2 Å². The Labute approximate surface area is 284 Å². The van der Waals surface area contributed by atoms with Crippen molar-refractivity contribution in [2.45, 2.75) is 76.6 Å². The van der Waals surface area contributed by atoms with Crippen molar-refractivity contribution >= 4 is 34.9 Å². The Morgan fingerprint density at radius 1 is 1.26 bits per heavy atom. The lowest BCUT2D eigenvalue weighted by Crippen LogP contribution is -2.45. The zero-order valence-electron chi connectivity index (χ0n) is 27.2. The molecule has 0 saturated carbocycles. The van der Waals surface area contributed by atoms with Gasteiger partial charge in [-0.1, -0.05) is 68.2 Å². The third kappa shape index (κ3) is 8.04. The molecule has 1 aliphatic rings. The van der Waals surface area contributed by atoms with Crippen molar-refractivity contribution in [3.05, 3.63) is 94.1 Å². The van der Waals surface area contributed by atoms with Gasteiger partial charge in [-0.25, -0.2) is 8.78 Å². The van der Waals surface area contributed by atoms with Crippen LogP contribution in [-0.4, -0.2) is 51.7 Å². The molecule has 47 heavy (non-hydrogen) atoms. The van der Waals surface area contributed by atoms with Crippen molar-refractivity contribution in [3.8, 4) is 6.07 Å². The molecule has 252 valence electrons. The van der Waals surface area contributed by atoms with Crippen LogP contribution < -0.4 is 10.6 Å². The van der Waals surface area contributed by atoms with Crippen molar-refractivity contribution in [1.29, 1.82) is 5.26 Å². The Bertz CT molecular complexity index is 1650. The second kappa shape index (κ2) is 14.4. The van der Waals surface area contributed by atoms with Crippen molar-refractivity contribution in [2.24, 2.45) is 11.3 Å². The maximum absolute atomic E-state index is 15.9. The number of ether oxygens (including phenoxy) is 1. The predicted molar refractivity (Wildman–Crippen MR) is 179 cm³/mol. The van der Waals surface area contributed by atoms with Gasteiger partial charge in [0.25, 0.3) is 0 Å². The van der Waals surface area contributed by atoms with E-state index < -0.39 is 46.6 Å². The summed E-state index contributed by atoms with van der Waals surface area (Å²) in [5.41, 5.74) is -2.78. The standard InChI is InChI=1S/C35H41Cl2F2N5O3/c1-7-21(17-45)18-47-34(5,6)20-44-14-13-28(43-44)42-32(46)31-29(23-9-8-10-25(37)30(23)39)35(19-40,27(41-31)16-33(2,3)4)24-12-11-22(36)15-26(24)38/h7-15,21,27,29,31,41,45H,1,16-18,20H2,2-6H3,(H,42,43,46)/t21?,27-,29-,31+,35-/m0/s1. The van der Waals surface area contributed by atoms with Gasteiger partial charge in [0.1, 0.15) is 17.0 Å². The molecular formula is C35H41Cl2F2N5O3. The Kier molecular flexibility index (Phi) is 11.2. The summed E-state index contributed by atoms with van der Waals surface area (Å²) in [4.78, 5) is 14.2. The minimum atomic E-state index is -1.74. The van der Waals surface area contributed by atoms with E-state index in [-0.39, 0.29) is 51.5 Å². The second-order valence-corrected chi connectivity index (χ2v) is 14.7. The number of aromatic nitrogens is 2. The average Bonchev–Trinajstić information content (AvgIpc) is 3.55. The first-order valence-electron chi connectivity index (χ1n) is 15.3. The number of nitrogens with zero attached hydrogens (tertiary/aromatic N) is 3. The predicted octanol–water partition coefficient (Wildman–Crippen LogP) is 7.02. The fraction of sp³-hybridized carbons (Fsp3) is 0.457. The number of halogens is 4. The third-order valence-corrected chi connectivity index (χ3v) is 8.95. The van der Waals surface area contributed by atoms with Gasteiger partial charge in [-0.05, 0) is 49.4 Å². The highest BCUT2D eigenvalue weighted by Crippen LogP contribution is 2.52. The molecule has 0 bridgehead atoms. The molecule has 1 aromatic heterocycles. The number of carbonyl (C=O) groups excluding carboxylic acids is 1. The van der Waals surface area contributed by atoms with Crippen LogP contribution in [0.4, 0.5) is 14.6 Å². The Hall–Kier alpha value is -3.33. The van der Waals surface area contributed by atoms with Crippen molar-refractivity contribution in [3.63, 3.8) is 0 Å². The van der Waals surface area contributed by atoms with Gasteiger partial charge in [0, 0.05) is 40.7 Å². The number of nitrogens with one attached hydrogen (secondary N) is 2. The topological polar surface area (TPSA) is 112 Å². The summed E-state index contributed by atoms with van der Waals surface area (Å²) in [6, 6.07) is 10.4. The molecule has 3 N–H and O–H groups in total. The second-order valence-electron chi connectivity index (χ2n) is 13.8. The van der Waals surface area contributed by atoms with Crippen LogP contribution in [0.15, 0.2) is 61.3 Å². The highest BCUT2D eigenvalue weighted by Gasteiger charge is 2.61. The zero-order chi connectivity index (χ0) is 34.7. The highest BCUT2D eigenvalue weighted by atomic mass is 35.5. The minimum Gasteiger partial charge on any atom is -0.396 e. The number of carbonyl (C=O) groups is 1. The summed E-state index contributed by atoms with van der Waals surface area (Å²) < 4.78 is 39.3. The fourth-order valence-electron chi connectivity index (χ4n) is 6.24. The number of aliphatic hydroxyl groups is 1. The average molecular weight is 689 g/mol. The van der Waals surface area contributed by atoms with Crippen LogP contribution in [0.1, 0.15) is 58.1 Å². The number of amides is 1. The molecule has 0 spiro atoms. The third-order valence-electron chi connectivity index (χ3n) is 8.42. The monoisotopic (exact) mass is 687 g/mol. The van der Waals surface area contributed by atoms with Crippen LogP contribution >= 0.6 is 23.2 Å². The summed E-state index contributed by atoms with van der Waals surface area (Å²) >= 11 is 12.3. The molecule has 2 heterocycles. The van der Waals surface area contributed by atoms with Crippen molar-refractivity contribution in [2.75, 3.05) is 18.5 Å². The molecule has 0 aliphatic carbocycles. The lowest BCUT2D eigenvalue weighted by atomic mass is 9.62. The first-order chi connectivity index (χ1) is 22.0. The summed E-state index contributed by atoms with van der Waals surface area (Å²) in [6.45, 7) is 13.9. The van der Waals surface area contributed by atoms with Crippen molar-refractivity contribution < 1.29 is 23.4 Å². The number of nitriles is 1. The van der Waals surface area contributed by atoms with E-state index in [4.69, 9.17) is 27.9 Å². The molecule has 1 saturated heterocycles. The first kappa shape index (κ1) is 36.5. The van der Waals surface area contributed by atoms with Gasteiger partial charge in [-0.2, -0.15) is 10.4 Å². The first-order valence-corrected chi connectivity index (χ1v) is 16.1. The van der Waals surface area contributed by atoms with Gasteiger partial charge in [0.15, 0.2) is 5.82 Å². The fourth-order valence-corrected chi connectivity index (χ4v) is 6.58. The molecule has 5 atom stereocenters. The number of anilines is 1. The molecule has 1 unspecified atom stereocenters. The Morgan fingerprint density at radius 3 is 2.60 bits per heavy atom. The van der Waals surface area contributed by atoms with Gasteiger partial charge in [0.05, 0.1) is 42.5 Å². The number of aliphatic hydroxyl groups excluding tert-OH is 1. The highest BCUT2D eigenvalue weighted by molar-refractivity contribution is 6.31. The van der Waals surface area contributed by atoms with Crippen LogP contribution in [0.25, 0.3) is 0 Å². The molecular weight excluding hydrogens is 647 g/mol. The molecule has 1 aliphatic heterocycles. The van der Waals surface area contributed by atoms with Crippen LogP contribution in [-0.2, 0) is 21.5 Å². The van der Waals surface area contributed by atoms with E-state index in [2.05, 4.69) is 28.4 Å². The minimum absolute atomic E-state index is 0.00240. The van der Waals surface area contributed by atoms with Crippen molar-refractivity contribution in [1.82, 2.24) is 15.1 Å². The van der Waals surface area contributed by atoms with Crippen LogP contribution in [0.3, 0.4) is 0 Å². The molecule has 2 aromatic carbocycles. The maximum atomic E-state index is 15.9. The number of benzene rings is 2. The quantitative estimate of drug-likeness (QED) is 0.177. The van der Waals surface area contributed by atoms with Crippen LogP contribution in [0.2, 0.25) is 10.0 Å². The van der Waals surface area contributed by atoms with E-state index in [0.29, 0.717) is 13.0 Å². The van der Waals surface area contributed by atoms with Crippen LogP contribution in [0.5, 0.6) is 0 Å². The summed E-state index contributed by atoms with van der Waals surface area (Å²) in [6.07, 6.45) is 3.66. The lowest BCUT2D eigenvalue weighted by molar-refractivity contribution is -0.118. The largest absolute Gasteiger partial charge is 0.396 e. The molecule has 8 nitrogen and oxygen atoms in total.